The number of methoxy groups -OCH3 is 1. The van der Waals surface area contributed by atoms with E-state index in [0.717, 1.165) is 42.6 Å². The van der Waals surface area contributed by atoms with Crippen molar-refractivity contribution in [1.82, 2.24) is 4.90 Å². The molecule has 3 aliphatic rings. The summed E-state index contributed by atoms with van der Waals surface area (Å²) in [7, 11) is 1.48. The number of nitrogens with zero attached hydrogens (tertiary/aromatic N) is 1. The Morgan fingerprint density at radius 2 is 2.00 bits per heavy atom. The normalized spacial score (nSPS) is 31.9. The third kappa shape index (κ3) is 2.33. The highest BCUT2D eigenvalue weighted by Crippen LogP contribution is 2.39. The second kappa shape index (κ2) is 5.37. The number of ether oxygens (including phenoxy) is 1. The zero-order chi connectivity index (χ0) is 14.2. The third-order valence-corrected chi connectivity index (χ3v) is 5.05. The van der Waals surface area contributed by atoms with Gasteiger partial charge in [-0.3, -0.25) is 0 Å². The van der Waals surface area contributed by atoms with Crippen molar-refractivity contribution >= 4 is 27.6 Å². The van der Waals surface area contributed by atoms with Gasteiger partial charge in [-0.05, 0) is 56.1 Å². The van der Waals surface area contributed by atoms with E-state index in [1.807, 2.05) is 24.3 Å². The van der Waals surface area contributed by atoms with Gasteiger partial charge in [-0.15, -0.1) is 0 Å². The first kappa shape index (κ1) is 13.9. The molecular formula is C15H19BrN2O2. The molecule has 0 aromatic heterocycles. The van der Waals surface area contributed by atoms with Crippen molar-refractivity contribution in [2.75, 3.05) is 32.1 Å². The van der Waals surface area contributed by atoms with Gasteiger partial charge in [0, 0.05) is 16.7 Å². The zero-order valence-corrected chi connectivity index (χ0v) is 13.1. The summed E-state index contributed by atoms with van der Waals surface area (Å²) in [5, 5.41) is 3.47. The Hall–Kier alpha value is -1.07. The van der Waals surface area contributed by atoms with Crippen LogP contribution in [0.2, 0.25) is 0 Å². The fourth-order valence-electron chi connectivity index (χ4n) is 3.46. The lowest BCUT2D eigenvalue weighted by Crippen LogP contribution is -2.67. The first-order chi connectivity index (χ1) is 9.64. The third-order valence-electron chi connectivity index (χ3n) is 4.52. The minimum Gasteiger partial charge on any atom is -0.467 e. The zero-order valence-electron chi connectivity index (χ0n) is 11.6. The second-order valence-corrected chi connectivity index (χ2v) is 6.56. The van der Waals surface area contributed by atoms with Gasteiger partial charge >= 0.3 is 5.97 Å². The number of rotatable bonds is 3. The molecular weight excluding hydrogens is 320 g/mol. The quantitative estimate of drug-likeness (QED) is 0.860. The molecule has 3 heterocycles. The SMILES string of the molecule is COC(=O)C1(Nc2ccc(Br)cc2)CN2CCC1CC2. The molecule has 1 atom stereocenters. The van der Waals surface area contributed by atoms with Crippen LogP contribution in [-0.4, -0.2) is 43.2 Å². The number of esters is 1. The molecule has 3 saturated heterocycles. The Balaban J connectivity index is 1.90. The summed E-state index contributed by atoms with van der Waals surface area (Å²) in [6, 6.07) is 7.95. The minimum atomic E-state index is -0.598. The summed E-state index contributed by atoms with van der Waals surface area (Å²) in [5.41, 5.74) is 0.367. The number of anilines is 1. The number of hydrogen-bond donors (Lipinski definition) is 1. The molecule has 20 heavy (non-hydrogen) atoms. The summed E-state index contributed by atoms with van der Waals surface area (Å²) in [4.78, 5) is 14.8. The number of hydrogen-bond acceptors (Lipinski definition) is 4. The molecule has 0 amide bonds. The molecule has 4 nitrogen and oxygen atoms in total. The summed E-state index contributed by atoms with van der Waals surface area (Å²) in [6.45, 7) is 2.91. The van der Waals surface area contributed by atoms with Crippen LogP contribution < -0.4 is 5.32 Å². The highest BCUT2D eigenvalue weighted by molar-refractivity contribution is 9.10. The van der Waals surface area contributed by atoms with Gasteiger partial charge in [0.2, 0.25) is 0 Å². The first-order valence-electron chi connectivity index (χ1n) is 6.98. The van der Waals surface area contributed by atoms with E-state index in [9.17, 15) is 4.79 Å². The maximum absolute atomic E-state index is 12.4. The highest BCUT2D eigenvalue weighted by atomic mass is 79.9. The van der Waals surface area contributed by atoms with E-state index >= 15 is 0 Å². The van der Waals surface area contributed by atoms with Crippen LogP contribution in [0.15, 0.2) is 28.7 Å². The van der Waals surface area contributed by atoms with Gasteiger partial charge in [-0.25, -0.2) is 4.79 Å². The maximum atomic E-state index is 12.4. The van der Waals surface area contributed by atoms with Gasteiger partial charge in [-0.1, -0.05) is 15.9 Å². The Morgan fingerprint density at radius 1 is 1.35 bits per heavy atom. The Kier molecular flexibility index (Phi) is 3.73. The summed E-state index contributed by atoms with van der Waals surface area (Å²) >= 11 is 3.43. The van der Waals surface area contributed by atoms with E-state index < -0.39 is 5.54 Å². The second-order valence-electron chi connectivity index (χ2n) is 5.65. The average molecular weight is 339 g/mol. The predicted molar refractivity (Wildman–Crippen MR) is 81.7 cm³/mol. The molecule has 3 aliphatic heterocycles. The van der Waals surface area contributed by atoms with E-state index in [2.05, 4.69) is 26.1 Å². The summed E-state index contributed by atoms with van der Waals surface area (Å²) in [5.74, 6) is 0.207. The van der Waals surface area contributed by atoms with Gasteiger partial charge in [0.05, 0.1) is 7.11 Å². The van der Waals surface area contributed by atoms with Gasteiger partial charge in [0.15, 0.2) is 5.54 Å². The van der Waals surface area contributed by atoms with Crippen LogP contribution in [0.4, 0.5) is 5.69 Å². The van der Waals surface area contributed by atoms with Gasteiger partial charge in [0.25, 0.3) is 0 Å². The average Bonchev–Trinajstić information content (AvgIpc) is 2.50. The topological polar surface area (TPSA) is 41.6 Å². The highest BCUT2D eigenvalue weighted by Gasteiger charge is 2.52. The molecule has 1 unspecified atom stereocenters. The van der Waals surface area contributed by atoms with Crippen LogP contribution in [0.3, 0.4) is 0 Å². The van der Waals surface area contributed by atoms with Gasteiger partial charge in [-0.2, -0.15) is 0 Å². The smallest absolute Gasteiger partial charge is 0.333 e. The van der Waals surface area contributed by atoms with E-state index in [-0.39, 0.29) is 5.97 Å². The van der Waals surface area contributed by atoms with Gasteiger partial charge in [0.1, 0.15) is 0 Å². The minimum absolute atomic E-state index is 0.144. The van der Waals surface area contributed by atoms with E-state index in [4.69, 9.17) is 4.74 Å². The molecule has 1 aromatic rings. The van der Waals surface area contributed by atoms with Crippen molar-refractivity contribution in [3.63, 3.8) is 0 Å². The van der Waals surface area contributed by atoms with Crippen molar-refractivity contribution in [2.24, 2.45) is 5.92 Å². The monoisotopic (exact) mass is 338 g/mol. The molecule has 0 radical (unpaired) electrons. The van der Waals surface area contributed by atoms with Crippen molar-refractivity contribution in [2.45, 2.75) is 18.4 Å². The molecule has 2 bridgehead atoms. The fraction of sp³-hybridized carbons (Fsp3) is 0.533. The number of piperidine rings is 3. The number of carbonyl (C=O) groups excluding carboxylic acids is 1. The molecule has 4 rings (SSSR count). The van der Waals surface area contributed by atoms with Crippen LogP contribution in [0, 0.1) is 5.92 Å². The molecule has 0 spiro atoms. The van der Waals surface area contributed by atoms with E-state index in [1.165, 1.54) is 7.11 Å². The standard InChI is InChI=1S/C15H19BrN2O2/c1-20-14(19)15(10-18-8-6-11(15)7-9-18)17-13-4-2-12(16)3-5-13/h2-5,11,17H,6-10H2,1H3. The number of halogens is 1. The molecule has 108 valence electrons. The number of carbonyl (C=O) groups is 1. The van der Waals surface area contributed by atoms with Crippen LogP contribution in [0.1, 0.15) is 12.8 Å². The van der Waals surface area contributed by atoms with E-state index in [0.29, 0.717) is 5.92 Å². The lowest BCUT2D eigenvalue weighted by Gasteiger charge is -2.51. The lowest BCUT2D eigenvalue weighted by atomic mass is 9.72. The number of benzene rings is 1. The first-order valence-corrected chi connectivity index (χ1v) is 7.78. The number of nitrogens with one attached hydrogen (secondary N) is 1. The van der Waals surface area contributed by atoms with E-state index in [1.54, 1.807) is 0 Å². The van der Waals surface area contributed by atoms with Crippen molar-refractivity contribution in [1.29, 1.82) is 0 Å². The van der Waals surface area contributed by atoms with Gasteiger partial charge < -0.3 is 15.0 Å². The Bertz CT molecular complexity index is 497. The van der Waals surface area contributed by atoms with Crippen LogP contribution in [-0.2, 0) is 9.53 Å². The Morgan fingerprint density at radius 3 is 2.50 bits per heavy atom. The molecule has 0 saturated carbocycles. The van der Waals surface area contributed by atoms with Crippen LogP contribution in [0.25, 0.3) is 0 Å². The molecule has 3 fully saturated rings. The largest absolute Gasteiger partial charge is 0.467 e. The maximum Gasteiger partial charge on any atom is 0.333 e. The van der Waals surface area contributed by atoms with Crippen LogP contribution in [0.5, 0.6) is 0 Å². The predicted octanol–water partition coefficient (Wildman–Crippen LogP) is 2.50. The summed E-state index contributed by atoms with van der Waals surface area (Å²) in [6.07, 6.45) is 2.11. The molecule has 5 heteroatoms. The van der Waals surface area contributed by atoms with Crippen molar-refractivity contribution in [3.8, 4) is 0 Å². The summed E-state index contributed by atoms with van der Waals surface area (Å²) < 4.78 is 6.14. The Labute approximate surface area is 127 Å². The fourth-order valence-corrected chi connectivity index (χ4v) is 3.73. The van der Waals surface area contributed by atoms with Crippen molar-refractivity contribution < 1.29 is 9.53 Å². The lowest BCUT2D eigenvalue weighted by molar-refractivity contribution is -0.153. The van der Waals surface area contributed by atoms with Crippen LogP contribution >= 0.6 is 15.9 Å². The molecule has 1 aromatic carbocycles. The van der Waals surface area contributed by atoms with Crippen molar-refractivity contribution in [3.05, 3.63) is 28.7 Å². The molecule has 0 aliphatic carbocycles. The molecule has 1 N–H and O–H groups in total. The number of fused-ring (bicyclic) bond motifs is 3.